The maximum atomic E-state index is 11.3. The van der Waals surface area contributed by atoms with E-state index in [1.54, 1.807) is 0 Å². The monoisotopic (exact) mass is 170 g/mol. The van der Waals surface area contributed by atoms with Crippen molar-refractivity contribution in [2.24, 2.45) is 0 Å². The highest BCUT2D eigenvalue weighted by Crippen LogP contribution is 2.17. The number of carbonyl (C=O) groups excluding carboxylic acids is 1. The van der Waals surface area contributed by atoms with Crippen molar-refractivity contribution in [3.8, 4) is 0 Å². The van der Waals surface area contributed by atoms with Crippen molar-refractivity contribution in [2.75, 3.05) is 6.61 Å². The lowest BCUT2D eigenvalue weighted by molar-refractivity contribution is -0.133. The third-order valence-electron chi connectivity index (χ3n) is 2.32. The van der Waals surface area contributed by atoms with Crippen molar-refractivity contribution < 1.29 is 9.53 Å². The van der Waals surface area contributed by atoms with Crippen LogP contribution in [0.1, 0.15) is 45.4 Å². The van der Waals surface area contributed by atoms with Gasteiger partial charge in [0.1, 0.15) is 6.10 Å². The summed E-state index contributed by atoms with van der Waals surface area (Å²) in [6.45, 7) is 2.89. The van der Waals surface area contributed by atoms with Crippen molar-refractivity contribution in [2.45, 2.75) is 51.6 Å². The van der Waals surface area contributed by atoms with Gasteiger partial charge in [-0.05, 0) is 25.7 Å². The molecule has 1 rings (SSSR count). The van der Waals surface area contributed by atoms with Gasteiger partial charge >= 0.3 is 0 Å². The lowest BCUT2D eigenvalue weighted by Gasteiger charge is -2.20. The molecule has 0 bridgehead atoms. The molecule has 12 heavy (non-hydrogen) atoms. The van der Waals surface area contributed by atoms with E-state index in [4.69, 9.17) is 4.74 Å². The third kappa shape index (κ3) is 2.94. The molecular formula is C10H18O2. The standard InChI is InChI=1S/C10H18O2/c1-2-3-8-12-10-7-5-4-6-9(10)11/h10H,2-8H2,1H3. The Balaban J connectivity index is 2.16. The fraction of sp³-hybridized carbons (Fsp3) is 0.900. The van der Waals surface area contributed by atoms with E-state index in [0.717, 1.165) is 45.1 Å². The Morgan fingerprint density at radius 3 is 3.00 bits per heavy atom. The second-order valence-corrected chi connectivity index (χ2v) is 3.43. The smallest absolute Gasteiger partial charge is 0.161 e. The van der Waals surface area contributed by atoms with Crippen LogP contribution in [0.15, 0.2) is 0 Å². The van der Waals surface area contributed by atoms with Gasteiger partial charge in [-0.15, -0.1) is 0 Å². The van der Waals surface area contributed by atoms with Crippen LogP contribution in [0, 0.1) is 0 Å². The van der Waals surface area contributed by atoms with Gasteiger partial charge < -0.3 is 4.74 Å². The summed E-state index contributed by atoms with van der Waals surface area (Å²) in [7, 11) is 0. The summed E-state index contributed by atoms with van der Waals surface area (Å²) >= 11 is 0. The van der Waals surface area contributed by atoms with Crippen LogP contribution in [-0.2, 0) is 9.53 Å². The molecular weight excluding hydrogens is 152 g/mol. The van der Waals surface area contributed by atoms with Crippen LogP contribution in [0.4, 0.5) is 0 Å². The van der Waals surface area contributed by atoms with E-state index >= 15 is 0 Å². The average Bonchev–Trinajstić information content (AvgIpc) is 2.09. The first-order chi connectivity index (χ1) is 5.84. The highest BCUT2D eigenvalue weighted by atomic mass is 16.5. The molecule has 0 N–H and O–H groups in total. The minimum Gasteiger partial charge on any atom is -0.370 e. The summed E-state index contributed by atoms with van der Waals surface area (Å²) in [5.41, 5.74) is 0. The van der Waals surface area contributed by atoms with Gasteiger partial charge in [-0.1, -0.05) is 13.3 Å². The van der Waals surface area contributed by atoms with Gasteiger partial charge in [0.25, 0.3) is 0 Å². The van der Waals surface area contributed by atoms with E-state index in [9.17, 15) is 4.79 Å². The molecule has 1 atom stereocenters. The Bertz CT molecular complexity index is 143. The maximum Gasteiger partial charge on any atom is 0.161 e. The SMILES string of the molecule is CCCCOC1CCCCC1=O. The number of rotatable bonds is 4. The predicted octanol–water partition coefficient (Wildman–Crippen LogP) is 2.31. The first kappa shape index (κ1) is 9.72. The van der Waals surface area contributed by atoms with Crippen LogP contribution >= 0.6 is 0 Å². The average molecular weight is 170 g/mol. The summed E-state index contributed by atoms with van der Waals surface area (Å²) in [5.74, 6) is 0.317. The van der Waals surface area contributed by atoms with Crippen LogP contribution in [0.2, 0.25) is 0 Å². The number of ether oxygens (including phenoxy) is 1. The van der Waals surface area contributed by atoms with E-state index < -0.39 is 0 Å². The molecule has 0 aliphatic heterocycles. The Morgan fingerprint density at radius 1 is 1.50 bits per heavy atom. The molecule has 70 valence electrons. The summed E-state index contributed by atoms with van der Waals surface area (Å²) in [4.78, 5) is 11.3. The van der Waals surface area contributed by atoms with Crippen LogP contribution in [-0.4, -0.2) is 18.5 Å². The fourth-order valence-corrected chi connectivity index (χ4v) is 1.50. The number of hydrogen-bond acceptors (Lipinski definition) is 2. The van der Waals surface area contributed by atoms with E-state index in [1.807, 2.05) is 0 Å². The summed E-state index contributed by atoms with van der Waals surface area (Å²) in [6, 6.07) is 0. The maximum absolute atomic E-state index is 11.3. The molecule has 0 aromatic heterocycles. The summed E-state index contributed by atoms with van der Waals surface area (Å²) < 4.78 is 5.49. The molecule has 0 aromatic carbocycles. The second kappa shape index (κ2) is 5.31. The zero-order valence-corrected chi connectivity index (χ0v) is 7.84. The molecule has 2 heteroatoms. The lowest BCUT2D eigenvalue weighted by atomic mass is 9.96. The second-order valence-electron chi connectivity index (χ2n) is 3.43. The van der Waals surface area contributed by atoms with E-state index in [-0.39, 0.29) is 6.10 Å². The largest absolute Gasteiger partial charge is 0.370 e. The molecule has 0 radical (unpaired) electrons. The van der Waals surface area contributed by atoms with E-state index in [0.29, 0.717) is 5.78 Å². The van der Waals surface area contributed by atoms with Crippen LogP contribution in [0.3, 0.4) is 0 Å². The summed E-state index contributed by atoms with van der Waals surface area (Å²) in [5, 5.41) is 0. The third-order valence-corrected chi connectivity index (χ3v) is 2.32. The number of carbonyl (C=O) groups is 1. The quantitative estimate of drug-likeness (QED) is 0.605. The van der Waals surface area contributed by atoms with Crippen LogP contribution in [0.25, 0.3) is 0 Å². The molecule has 1 aliphatic rings. The van der Waals surface area contributed by atoms with E-state index in [1.165, 1.54) is 0 Å². The van der Waals surface area contributed by atoms with Gasteiger partial charge in [-0.2, -0.15) is 0 Å². The molecule has 1 aliphatic carbocycles. The number of unbranched alkanes of at least 4 members (excludes halogenated alkanes) is 1. The zero-order valence-electron chi connectivity index (χ0n) is 7.84. The highest BCUT2D eigenvalue weighted by molar-refractivity contribution is 5.83. The van der Waals surface area contributed by atoms with Gasteiger partial charge in [0.2, 0.25) is 0 Å². The first-order valence-electron chi connectivity index (χ1n) is 4.99. The van der Waals surface area contributed by atoms with Crippen molar-refractivity contribution >= 4 is 5.78 Å². The Hall–Kier alpha value is -0.370. The minimum atomic E-state index is -0.0645. The van der Waals surface area contributed by atoms with Crippen LogP contribution < -0.4 is 0 Å². The van der Waals surface area contributed by atoms with Gasteiger partial charge in [0.15, 0.2) is 5.78 Å². The molecule has 0 heterocycles. The van der Waals surface area contributed by atoms with E-state index in [2.05, 4.69) is 6.92 Å². The number of ketones is 1. The van der Waals surface area contributed by atoms with Gasteiger partial charge in [0, 0.05) is 13.0 Å². The van der Waals surface area contributed by atoms with Gasteiger partial charge in [-0.3, -0.25) is 4.79 Å². The minimum absolute atomic E-state index is 0.0645. The molecule has 1 saturated carbocycles. The molecule has 0 spiro atoms. The van der Waals surface area contributed by atoms with Gasteiger partial charge in [-0.25, -0.2) is 0 Å². The first-order valence-corrected chi connectivity index (χ1v) is 4.99. The summed E-state index contributed by atoms with van der Waals surface area (Å²) in [6.07, 6.45) is 6.05. The molecule has 0 saturated heterocycles. The molecule has 1 unspecified atom stereocenters. The van der Waals surface area contributed by atoms with Crippen molar-refractivity contribution in [3.05, 3.63) is 0 Å². The number of hydrogen-bond donors (Lipinski definition) is 0. The molecule has 1 fully saturated rings. The van der Waals surface area contributed by atoms with Gasteiger partial charge in [0.05, 0.1) is 0 Å². The Labute approximate surface area is 74.3 Å². The molecule has 0 amide bonds. The number of Topliss-reactive ketones (excluding diaryl/α,β-unsaturated/α-hetero) is 1. The Kier molecular flexibility index (Phi) is 4.30. The topological polar surface area (TPSA) is 26.3 Å². The lowest BCUT2D eigenvalue weighted by Crippen LogP contribution is -2.27. The predicted molar refractivity (Wildman–Crippen MR) is 48.1 cm³/mol. The van der Waals surface area contributed by atoms with Crippen LogP contribution in [0.5, 0.6) is 0 Å². The normalized spacial score (nSPS) is 24.4. The Morgan fingerprint density at radius 2 is 2.33 bits per heavy atom. The van der Waals surface area contributed by atoms with Crippen molar-refractivity contribution in [1.82, 2.24) is 0 Å². The highest BCUT2D eigenvalue weighted by Gasteiger charge is 2.21. The molecule has 0 aromatic rings. The fourth-order valence-electron chi connectivity index (χ4n) is 1.50. The van der Waals surface area contributed by atoms with Crippen molar-refractivity contribution in [1.29, 1.82) is 0 Å². The van der Waals surface area contributed by atoms with Crippen molar-refractivity contribution in [3.63, 3.8) is 0 Å². The zero-order chi connectivity index (χ0) is 8.81. The molecule has 2 nitrogen and oxygen atoms in total.